The minimum atomic E-state index is -4.53. The largest absolute Gasteiger partial charge is 0.478 e. The fourth-order valence-corrected chi connectivity index (χ4v) is 3.27. The second-order valence-corrected chi connectivity index (χ2v) is 6.46. The van der Waals surface area contributed by atoms with Gasteiger partial charge in [0.05, 0.1) is 16.6 Å². The molecule has 3 aromatic carbocycles. The third kappa shape index (κ3) is 3.20. The number of anilines is 2. The maximum Gasteiger partial charge on any atom is 0.416 e. The summed E-state index contributed by atoms with van der Waals surface area (Å²) in [6.07, 6.45) is -4.53. The summed E-state index contributed by atoms with van der Waals surface area (Å²) < 4.78 is 44.7. The molecule has 4 aromatic rings. The zero-order valence-electron chi connectivity index (χ0n) is 14.9. The third-order valence-electron chi connectivity index (χ3n) is 4.58. The molecule has 6 nitrogen and oxygen atoms in total. The van der Waals surface area contributed by atoms with E-state index in [4.69, 9.17) is 4.42 Å². The number of carboxylic acid groups (broad SMARTS) is 2. The van der Waals surface area contributed by atoms with Gasteiger partial charge in [-0.25, -0.2) is 9.59 Å². The highest BCUT2D eigenvalue weighted by molar-refractivity contribution is 6.19. The molecule has 1 aromatic heterocycles. The number of furan rings is 1. The van der Waals surface area contributed by atoms with Gasteiger partial charge in [-0.3, -0.25) is 0 Å². The van der Waals surface area contributed by atoms with Crippen LogP contribution in [0, 0.1) is 0 Å². The monoisotopic (exact) mass is 415 g/mol. The number of nitrogens with one attached hydrogen (secondary N) is 1. The first kappa shape index (κ1) is 19.3. The Hall–Kier alpha value is -4.01. The number of alkyl halides is 3. The molecule has 0 bridgehead atoms. The van der Waals surface area contributed by atoms with Gasteiger partial charge in [-0.2, -0.15) is 13.2 Å². The Balaban J connectivity index is 1.96. The molecule has 4 rings (SSSR count). The van der Waals surface area contributed by atoms with Crippen molar-refractivity contribution >= 4 is 45.3 Å². The minimum absolute atomic E-state index is 0.0270. The van der Waals surface area contributed by atoms with Gasteiger partial charge in [0.1, 0.15) is 16.7 Å². The van der Waals surface area contributed by atoms with E-state index in [-0.39, 0.29) is 39.1 Å². The minimum Gasteiger partial charge on any atom is -0.478 e. The summed E-state index contributed by atoms with van der Waals surface area (Å²) in [7, 11) is 0. The summed E-state index contributed by atoms with van der Waals surface area (Å²) in [5.41, 5.74) is -0.925. The van der Waals surface area contributed by atoms with Crippen LogP contribution in [0.1, 0.15) is 26.3 Å². The number of rotatable bonds is 4. The predicted molar refractivity (Wildman–Crippen MR) is 102 cm³/mol. The third-order valence-corrected chi connectivity index (χ3v) is 4.58. The number of aromatic carboxylic acids is 2. The highest BCUT2D eigenvalue weighted by Crippen LogP contribution is 2.39. The lowest BCUT2D eigenvalue weighted by molar-refractivity contribution is -0.137. The van der Waals surface area contributed by atoms with Gasteiger partial charge in [0, 0.05) is 11.1 Å². The Morgan fingerprint density at radius 2 is 1.53 bits per heavy atom. The fraction of sp³-hybridized carbons (Fsp3) is 0.0476. The van der Waals surface area contributed by atoms with E-state index in [0.717, 1.165) is 12.1 Å². The number of fused-ring (bicyclic) bond motifs is 3. The summed E-state index contributed by atoms with van der Waals surface area (Å²) in [4.78, 5) is 23.1. The van der Waals surface area contributed by atoms with Crippen molar-refractivity contribution in [3.8, 4) is 0 Å². The van der Waals surface area contributed by atoms with Crippen LogP contribution >= 0.6 is 0 Å². The van der Waals surface area contributed by atoms with Crippen LogP contribution in [0.5, 0.6) is 0 Å². The van der Waals surface area contributed by atoms with Crippen molar-refractivity contribution in [1.82, 2.24) is 0 Å². The molecule has 0 saturated heterocycles. The van der Waals surface area contributed by atoms with E-state index in [2.05, 4.69) is 5.32 Å². The Labute approximate surface area is 166 Å². The summed E-state index contributed by atoms with van der Waals surface area (Å²) in [5, 5.41) is 22.3. The van der Waals surface area contributed by atoms with Crippen LogP contribution in [0.25, 0.3) is 21.9 Å². The van der Waals surface area contributed by atoms with E-state index >= 15 is 0 Å². The highest BCUT2D eigenvalue weighted by atomic mass is 19.4. The van der Waals surface area contributed by atoms with Crippen LogP contribution in [-0.4, -0.2) is 22.2 Å². The lowest BCUT2D eigenvalue weighted by Gasteiger charge is -2.12. The smallest absolute Gasteiger partial charge is 0.416 e. The number of halogens is 3. The summed E-state index contributed by atoms with van der Waals surface area (Å²) in [5.74, 6) is -2.55. The standard InChI is InChI=1S/C21H12F3NO5/c22-21(23,24)10-3-1-4-11(9-10)25-15-8-7-14(20(28)29)18-16(15)12-5-2-6-13(19(26)27)17(12)30-18/h1-9,25H,(H,26,27)(H,28,29). The van der Waals surface area contributed by atoms with Gasteiger partial charge in [0.25, 0.3) is 0 Å². The van der Waals surface area contributed by atoms with E-state index in [1.165, 1.54) is 36.4 Å². The molecule has 30 heavy (non-hydrogen) atoms. The first-order valence-corrected chi connectivity index (χ1v) is 8.56. The van der Waals surface area contributed by atoms with Crippen molar-refractivity contribution in [1.29, 1.82) is 0 Å². The normalized spacial score (nSPS) is 11.7. The maximum atomic E-state index is 13.0. The van der Waals surface area contributed by atoms with Crippen LogP contribution < -0.4 is 5.32 Å². The van der Waals surface area contributed by atoms with Crippen LogP contribution in [0.4, 0.5) is 24.5 Å². The molecule has 152 valence electrons. The molecule has 9 heteroatoms. The van der Waals surface area contributed by atoms with Gasteiger partial charge in [-0.1, -0.05) is 18.2 Å². The molecule has 1 heterocycles. The average Bonchev–Trinajstić information content (AvgIpc) is 3.07. The number of carbonyl (C=O) groups is 2. The zero-order valence-corrected chi connectivity index (χ0v) is 14.9. The van der Waals surface area contributed by atoms with Gasteiger partial charge in [0.15, 0.2) is 5.58 Å². The maximum absolute atomic E-state index is 13.0. The second kappa shape index (κ2) is 6.80. The molecule has 0 saturated carbocycles. The number of para-hydroxylation sites is 1. The number of hydrogen-bond acceptors (Lipinski definition) is 4. The zero-order chi connectivity index (χ0) is 21.6. The summed E-state index contributed by atoms with van der Waals surface area (Å²) in [6.45, 7) is 0. The topological polar surface area (TPSA) is 99.8 Å². The number of carboxylic acids is 2. The quantitative estimate of drug-likeness (QED) is 0.393. The molecule has 0 fully saturated rings. The Morgan fingerprint density at radius 3 is 2.20 bits per heavy atom. The molecule has 0 aliphatic carbocycles. The van der Waals surface area contributed by atoms with Crippen molar-refractivity contribution in [2.75, 3.05) is 5.32 Å². The van der Waals surface area contributed by atoms with Crippen LogP contribution in [0.2, 0.25) is 0 Å². The SMILES string of the molecule is O=C(O)c1cccc2c1oc1c(C(=O)O)ccc(Nc3cccc(C(F)(F)F)c3)c12. The molecular formula is C21H12F3NO5. The fourth-order valence-electron chi connectivity index (χ4n) is 3.27. The lowest BCUT2D eigenvalue weighted by atomic mass is 10.0. The molecule has 0 spiro atoms. The first-order valence-electron chi connectivity index (χ1n) is 8.56. The molecule has 0 unspecified atom stereocenters. The predicted octanol–water partition coefficient (Wildman–Crippen LogP) is 5.74. The summed E-state index contributed by atoms with van der Waals surface area (Å²) in [6, 6.07) is 11.5. The van der Waals surface area contributed by atoms with Crippen molar-refractivity contribution in [2.24, 2.45) is 0 Å². The van der Waals surface area contributed by atoms with Gasteiger partial charge in [0.2, 0.25) is 0 Å². The van der Waals surface area contributed by atoms with Crippen molar-refractivity contribution in [3.63, 3.8) is 0 Å². The van der Waals surface area contributed by atoms with Crippen LogP contribution in [0.15, 0.2) is 59.0 Å². The van der Waals surface area contributed by atoms with Gasteiger partial charge in [-0.15, -0.1) is 0 Å². The molecule has 0 atom stereocenters. The molecule has 0 radical (unpaired) electrons. The Kier molecular flexibility index (Phi) is 4.38. The van der Waals surface area contributed by atoms with Gasteiger partial charge in [-0.05, 0) is 36.4 Å². The van der Waals surface area contributed by atoms with E-state index in [9.17, 15) is 33.0 Å². The molecule has 3 N–H and O–H groups in total. The Bertz CT molecular complexity index is 1320. The molecule has 0 aliphatic heterocycles. The lowest BCUT2D eigenvalue weighted by Crippen LogP contribution is -2.05. The molecule has 0 amide bonds. The van der Waals surface area contributed by atoms with E-state index in [1.54, 1.807) is 6.07 Å². The van der Waals surface area contributed by atoms with Gasteiger partial charge >= 0.3 is 18.1 Å². The van der Waals surface area contributed by atoms with Crippen LogP contribution in [0.3, 0.4) is 0 Å². The van der Waals surface area contributed by atoms with E-state index in [0.29, 0.717) is 5.39 Å². The van der Waals surface area contributed by atoms with Crippen molar-refractivity contribution in [3.05, 3.63) is 71.3 Å². The highest BCUT2D eigenvalue weighted by Gasteiger charge is 2.30. The molecular weight excluding hydrogens is 403 g/mol. The molecule has 0 aliphatic rings. The summed E-state index contributed by atoms with van der Waals surface area (Å²) >= 11 is 0. The van der Waals surface area contributed by atoms with Crippen LogP contribution in [-0.2, 0) is 6.18 Å². The van der Waals surface area contributed by atoms with E-state index in [1.807, 2.05) is 0 Å². The number of benzene rings is 3. The van der Waals surface area contributed by atoms with Crippen molar-refractivity contribution < 1.29 is 37.4 Å². The number of hydrogen-bond donors (Lipinski definition) is 3. The van der Waals surface area contributed by atoms with E-state index < -0.39 is 23.7 Å². The second-order valence-electron chi connectivity index (χ2n) is 6.46. The first-order chi connectivity index (χ1) is 14.2. The van der Waals surface area contributed by atoms with Gasteiger partial charge < -0.3 is 19.9 Å². The van der Waals surface area contributed by atoms with Crippen molar-refractivity contribution in [2.45, 2.75) is 6.18 Å². The average molecular weight is 415 g/mol. The Morgan fingerprint density at radius 1 is 0.867 bits per heavy atom.